The van der Waals surface area contributed by atoms with Crippen molar-refractivity contribution in [2.24, 2.45) is 0 Å². The monoisotopic (exact) mass is 340 g/mol. The largest absolute Gasteiger partial charge is 0.0890 e. The third-order valence-corrected chi connectivity index (χ3v) is 3.42. The van der Waals surface area contributed by atoms with Crippen LogP contribution in [0, 0.1) is 0 Å². The van der Waals surface area contributed by atoms with E-state index in [1.54, 1.807) is 0 Å². The summed E-state index contributed by atoms with van der Waals surface area (Å²) in [7, 11) is 0. The van der Waals surface area contributed by atoms with Crippen LogP contribution in [0.1, 0.15) is 133 Å². The van der Waals surface area contributed by atoms with Crippen LogP contribution in [0.25, 0.3) is 0 Å². The van der Waals surface area contributed by atoms with E-state index in [0.717, 1.165) is 0 Å². The molecule has 0 rings (SSSR count). The molecule has 0 aromatic rings. The molecule has 0 amide bonds. The van der Waals surface area contributed by atoms with Crippen LogP contribution in [0.15, 0.2) is 23.8 Å². The van der Waals surface area contributed by atoms with E-state index in [1.807, 2.05) is 20.8 Å². The highest BCUT2D eigenvalue weighted by molar-refractivity contribution is 4.88. The predicted octanol–water partition coefficient (Wildman–Crippen LogP) is 9.90. The predicted molar refractivity (Wildman–Crippen MR) is 119 cm³/mol. The minimum absolute atomic E-state index is 1.26. The summed E-state index contributed by atoms with van der Waals surface area (Å²) < 4.78 is 0. The zero-order chi connectivity index (χ0) is 19.5. The highest BCUT2D eigenvalue weighted by Gasteiger charge is 1.87. The Morgan fingerprint density at radius 2 is 1.00 bits per heavy atom. The van der Waals surface area contributed by atoms with Crippen molar-refractivity contribution >= 4 is 0 Å². The number of rotatable bonds is 10. The highest BCUT2D eigenvalue weighted by atomic mass is 13.9. The zero-order valence-electron chi connectivity index (χ0n) is 19.0. The molecule has 0 spiro atoms. The fourth-order valence-corrected chi connectivity index (χ4v) is 1.44. The summed E-state index contributed by atoms with van der Waals surface area (Å²) in [5, 5.41) is 0. The van der Waals surface area contributed by atoms with Gasteiger partial charge < -0.3 is 0 Å². The highest BCUT2D eigenvalue weighted by Crippen LogP contribution is 2.07. The standard InChI is InChI=1S/C13H26.C5H10.C4H10.C2H6/c1-3-5-7-9-11-13-12-10-8-6-4-2;1-4-5(2)3;1-3-4-2;1-2/h7,9H,3-6,8,10-13H2,1-2H3;4H,1-3H3;3-4H2,1-2H3;1-2H3/b9-7-;;;. The van der Waals surface area contributed by atoms with E-state index in [-0.39, 0.29) is 0 Å². The lowest BCUT2D eigenvalue weighted by Crippen LogP contribution is -1.77. The van der Waals surface area contributed by atoms with E-state index in [2.05, 4.69) is 59.8 Å². The second kappa shape index (κ2) is 38.2. The molecule has 0 saturated carbocycles. The molecule has 0 nitrogen and oxygen atoms in total. The Balaban J connectivity index is -0.000000150. The Kier molecular flexibility index (Phi) is 49.8. The number of hydrogen-bond acceptors (Lipinski definition) is 0. The van der Waals surface area contributed by atoms with Gasteiger partial charge in [-0.15, -0.1) is 0 Å². The van der Waals surface area contributed by atoms with Gasteiger partial charge in [0.2, 0.25) is 0 Å². The molecule has 0 aromatic carbocycles. The lowest BCUT2D eigenvalue weighted by molar-refractivity contribution is 0.611. The summed E-state index contributed by atoms with van der Waals surface area (Å²) >= 11 is 0. The molecular weight excluding hydrogens is 288 g/mol. The fraction of sp³-hybridized carbons (Fsp3) is 0.833. The first-order valence-corrected chi connectivity index (χ1v) is 10.8. The van der Waals surface area contributed by atoms with Crippen molar-refractivity contribution in [3.05, 3.63) is 23.8 Å². The van der Waals surface area contributed by atoms with Gasteiger partial charge in [-0.3, -0.25) is 0 Å². The minimum Gasteiger partial charge on any atom is -0.0890 e. The van der Waals surface area contributed by atoms with Gasteiger partial charge in [0.05, 0.1) is 0 Å². The van der Waals surface area contributed by atoms with Crippen LogP contribution >= 0.6 is 0 Å². The maximum absolute atomic E-state index is 2.35. The fourth-order valence-electron chi connectivity index (χ4n) is 1.44. The second-order valence-electron chi connectivity index (χ2n) is 6.18. The van der Waals surface area contributed by atoms with Crippen molar-refractivity contribution in [3.8, 4) is 0 Å². The number of hydrogen-bond donors (Lipinski definition) is 0. The van der Waals surface area contributed by atoms with Crippen molar-refractivity contribution in [1.29, 1.82) is 0 Å². The number of unbranched alkanes of at least 4 members (excludes halogenated alkanes) is 8. The molecule has 0 aliphatic rings. The van der Waals surface area contributed by atoms with E-state index in [0.29, 0.717) is 0 Å². The third-order valence-electron chi connectivity index (χ3n) is 3.42. The van der Waals surface area contributed by atoms with E-state index in [4.69, 9.17) is 0 Å². The van der Waals surface area contributed by atoms with Gasteiger partial charge in [0.1, 0.15) is 0 Å². The molecule has 24 heavy (non-hydrogen) atoms. The Morgan fingerprint density at radius 1 is 0.583 bits per heavy atom. The van der Waals surface area contributed by atoms with Gasteiger partial charge in [-0.2, -0.15) is 0 Å². The first kappa shape index (κ1) is 31.3. The maximum atomic E-state index is 2.35. The van der Waals surface area contributed by atoms with Crippen molar-refractivity contribution in [3.63, 3.8) is 0 Å². The van der Waals surface area contributed by atoms with Gasteiger partial charge in [0.25, 0.3) is 0 Å². The quantitative estimate of drug-likeness (QED) is 0.274. The topological polar surface area (TPSA) is 0 Å². The SMILES string of the molecule is CC.CC=C(C)C.CCC/C=C\CCCCCCCC.CCCC. The first-order valence-electron chi connectivity index (χ1n) is 10.8. The Labute approximate surface area is 157 Å². The molecule has 0 aromatic heterocycles. The van der Waals surface area contributed by atoms with E-state index in [1.165, 1.54) is 76.2 Å². The molecule has 0 radical (unpaired) electrons. The van der Waals surface area contributed by atoms with Crippen LogP contribution in [0.3, 0.4) is 0 Å². The van der Waals surface area contributed by atoms with Crippen molar-refractivity contribution < 1.29 is 0 Å². The molecule has 0 unspecified atom stereocenters. The van der Waals surface area contributed by atoms with E-state index in [9.17, 15) is 0 Å². The van der Waals surface area contributed by atoms with Crippen LogP contribution in [-0.2, 0) is 0 Å². The summed E-state index contributed by atoms with van der Waals surface area (Å²) in [5.41, 5.74) is 1.38. The average Bonchev–Trinajstić information content (AvgIpc) is 2.62. The molecule has 0 heterocycles. The summed E-state index contributed by atoms with van der Waals surface area (Å²) in [6, 6.07) is 0. The van der Waals surface area contributed by atoms with Gasteiger partial charge >= 0.3 is 0 Å². The summed E-state index contributed by atoms with van der Waals surface area (Å²) in [6.45, 7) is 19.1. The first-order chi connectivity index (χ1) is 11.6. The molecule has 0 saturated heterocycles. The normalized spacial score (nSPS) is 9.04. The summed E-state index contributed by atoms with van der Waals surface area (Å²) in [4.78, 5) is 0. The minimum atomic E-state index is 1.26. The van der Waals surface area contributed by atoms with Gasteiger partial charge in [-0.1, -0.05) is 117 Å². The third kappa shape index (κ3) is 57.8. The molecule has 0 aliphatic carbocycles. The zero-order valence-corrected chi connectivity index (χ0v) is 19.0. The number of allylic oxidation sites excluding steroid dienone is 4. The van der Waals surface area contributed by atoms with Gasteiger partial charge in [0, 0.05) is 0 Å². The van der Waals surface area contributed by atoms with E-state index < -0.39 is 0 Å². The average molecular weight is 341 g/mol. The molecule has 0 atom stereocenters. The molecule has 0 aliphatic heterocycles. The van der Waals surface area contributed by atoms with Crippen molar-refractivity contribution in [2.75, 3.05) is 0 Å². The summed E-state index contributed by atoms with van der Waals surface area (Å²) in [6.07, 6.45) is 21.7. The Bertz CT molecular complexity index is 204. The Hall–Kier alpha value is -0.520. The van der Waals surface area contributed by atoms with Crippen LogP contribution in [0.2, 0.25) is 0 Å². The van der Waals surface area contributed by atoms with Crippen LogP contribution < -0.4 is 0 Å². The second-order valence-corrected chi connectivity index (χ2v) is 6.18. The lowest BCUT2D eigenvalue weighted by atomic mass is 10.1. The van der Waals surface area contributed by atoms with Crippen LogP contribution in [0.5, 0.6) is 0 Å². The maximum Gasteiger partial charge on any atom is -0.0351 e. The molecule has 0 bridgehead atoms. The van der Waals surface area contributed by atoms with Gasteiger partial charge in [-0.05, 0) is 40.0 Å². The lowest BCUT2D eigenvalue weighted by Gasteiger charge is -1.97. The smallest absolute Gasteiger partial charge is 0.0351 e. The molecule has 0 N–H and O–H groups in total. The molecule has 0 fully saturated rings. The molecular formula is C24H52. The van der Waals surface area contributed by atoms with Crippen molar-refractivity contribution in [1.82, 2.24) is 0 Å². The van der Waals surface area contributed by atoms with Crippen LogP contribution in [-0.4, -0.2) is 0 Å². The Morgan fingerprint density at radius 3 is 1.38 bits per heavy atom. The van der Waals surface area contributed by atoms with Crippen LogP contribution in [0.4, 0.5) is 0 Å². The summed E-state index contributed by atoms with van der Waals surface area (Å²) in [5.74, 6) is 0. The van der Waals surface area contributed by atoms with Gasteiger partial charge in [0.15, 0.2) is 0 Å². The molecule has 148 valence electrons. The van der Waals surface area contributed by atoms with Gasteiger partial charge in [-0.25, -0.2) is 0 Å². The molecule has 0 heteroatoms. The van der Waals surface area contributed by atoms with E-state index >= 15 is 0 Å². The van der Waals surface area contributed by atoms with Crippen molar-refractivity contribution in [2.45, 2.75) is 133 Å².